The molecule has 8 aliphatic rings. The molecule has 3 saturated heterocycles. The Balaban J connectivity index is 0.826. The first-order chi connectivity index (χ1) is 25.6. The van der Waals surface area contributed by atoms with Crippen LogP contribution in [0.5, 0.6) is 0 Å². The van der Waals surface area contributed by atoms with Crippen LogP contribution in [-0.2, 0) is 38.0 Å². The highest BCUT2D eigenvalue weighted by Crippen LogP contribution is 2.70. The summed E-state index contributed by atoms with van der Waals surface area (Å²) in [5.74, 6) is 1.13. The molecule has 4 heterocycles. The van der Waals surface area contributed by atoms with Gasteiger partial charge in [0.05, 0.1) is 48.3 Å². The number of aliphatic hydroxyl groups is 5. The molecular weight excluding hydrogens is 700 g/mol. The Morgan fingerprint density at radius 2 is 1.30 bits per heavy atom. The Kier molecular flexibility index (Phi) is 10.9. The van der Waals surface area contributed by atoms with Gasteiger partial charge in [-0.2, -0.15) is 0 Å². The Hall–Kier alpha value is -1.23. The highest BCUT2D eigenvalue weighted by Gasteiger charge is 2.68. The van der Waals surface area contributed by atoms with Gasteiger partial charge in [0.2, 0.25) is 0 Å². The van der Waals surface area contributed by atoms with Gasteiger partial charge in [0, 0.05) is 30.8 Å². The molecule has 13 nitrogen and oxygen atoms in total. The van der Waals surface area contributed by atoms with Gasteiger partial charge in [0.15, 0.2) is 18.9 Å². The molecule has 0 spiro atoms. The molecule has 13 heteroatoms. The summed E-state index contributed by atoms with van der Waals surface area (Å²) in [6.45, 7) is 10.4. The monoisotopic (exact) mass is 764 g/mol. The van der Waals surface area contributed by atoms with Crippen molar-refractivity contribution in [1.29, 1.82) is 0 Å². The zero-order chi connectivity index (χ0) is 38.3. The van der Waals surface area contributed by atoms with E-state index >= 15 is 0 Å². The number of hydrogen-bond donors (Lipinski definition) is 5. The standard InChI is InChI=1S/C41H64O13/c1-20-36(46)29(42)16-34(49-20)53-38-22(3)51-35(18-31(38)44)54-37-21(2)50-33(17-30(37)43)52-25-8-11-39(4)24(15-25)6-7-28-27(39)9-12-40(5)26(10-13-41(28,40)47)23-14-32(45)48-19-23/h14,20-22,24-31,33-38,42-44,46-47H,6-13,15-19H2,1-5H3/t20-,21-,22-,24-,25+,26-,27+,28-,29+,30+,31+,33+,34+,35+,36-,37-,38-,39+,40-,41+/m0/s1. The zero-order valence-corrected chi connectivity index (χ0v) is 32.6. The Bertz CT molecular complexity index is 1370. The van der Waals surface area contributed by atoms with Crippen molar-refractivity contribution >= 4 is 5.97 Å². The van der Waals surface area contributed by atoms with Gasteiger partial charge in [-0.1, -0.05) is 13.8 Å². The first-order valence-electron chi connectivity index (χ1n) is 20.8. The summed E-state index contributed by atoms with van der Waals surface area (Å²) in [6, 6.07) is 0. The average molecular weight is 765 g/mol. The van der Waals surface area contributed by atoms with E-state index in [0.29, 0.717) is 18.4 Å². The summed E-state index contributed by atoms with van der Waals surface area (Å²) in [7, 11) is 0. The van der Waals surface area contributed by atoms with Gasteiger partial charge in [-0.3, -0.25) is 0 Å². The van der Waals surface area contributed by atoms with Gasteiger partial charge < -0.3 is 58.7 Å². The second-order valence-corrected chi connectivity index (χ2v) is 18.7. The molecule has 20 atom stereocenters. The van der Waals surface area contributed by atoms with Crippen LogP contribution in [0.3, 0.4) is 0 Å². The molecule has 0 aromatic heterocycles. The summed E-state index contributed by atoms with van der Waals surface area (Å²) in [5.41, 5.74) is 0.215. The summed E-state index contributed by atoms with van der Waals surface area (Å²) >= 11 is 0. The van der Waals surface area contributed by atoms with Crippen LogP contribution >= 0.6 is 0 Å². The van der Waals surface area contributed by atoms with E-state index in [4.69, 9.17) is 33.2 Å². The second kappa shape index (κ2) is 14.9. The van der Waals surface area contributed by atoms with Gasteiger partial charge in [-0.25, -0.2) is 4.79 Å². The van der Waals surface area contributed by atoms with E-state index in [1.54, 1.807) is 19.9 Å². The van der Waals surface area contributed by atoms with Crippen molar-refractivity contribution in [2.75, 3.05) is 6.61 Å². The van der Waals surface area contributed by atoms with Crippen molar-refractivity contribution in [1.82, 2.24) is 0 Å². The maximum absolute atomic E-state index is 12.6. The van der Waals surface area contributed by atoms with E-state index in [1.807, 2.05) is 6.92 Å². The lowest BCUT2D eigenvalue weighted by Crippen LogP contribution is -2.62. The Morgan fingerprint density at radius 1 is 0.685 bits per heavy atom. The predicted molar refractivity (Wildman–Crippen MR) is 191 cm³/mol. The minimum absolute atomic E-state index is 0.0243. The summed E-state index contributed by atoms with van der Waals surface area (Å²) in [4.78, 5) is 11.9. The molecule has 0 radical (unpaired) electrons. The number of fused-ring (bicyclic) bond motifs is 5. The lowest BCUT2D eigenvalue weighted by Gasteiger charge is -2.64. The molecule has 5 N–H and O–H groups in total. The maximum Gasteiger partial charge on any atom is 0.331 e. The molecule has 4 aliphatic heterocycles. The van der Waals surface area contributed by atoms with Gasteiger partial charge >= 0.3 is 5.97 Å². The largest absolute Gasteiger partial charge is 0.458 e. The van der Waals surface area contributed by atoms with Crippen LogP contribution < -0.4 is 0 Å². The molecule has 306 valence electrons. The number of esters is 1. The summed E-state index contributed by atoms with van der Waals surface area (Å²) in [6.07, 6.45) is 1.90. The minimum atomic E-state index is -0.996. The fourth-order valence-corrected chi connectivity index (χ4v) is 12.8. The van der Waals surface area contributed by atoms with Gasteiger partial charge in [-0.05, 0) is 113 Å². The second-order valence-electron chi connectivity index (χ2n) is 18.7. The van der Waals surface area contributed by atoms with E-state index in [0.717, 1.165) is 63.4 Å². The summed E-state index contributed by atoms with van der Waals surface area (Å²) in [5, 5.41) is 55.0. The Labute approximate surface area is 319 Å². The zero-order valence-electron chi connectivity index (χ0n) is 32.6. The van der Waals surface area contributed by atoms with E-state index in [2.05, 4.69) is 13.8 Å². The van der Waals surface area contributed by atoms with Crippen LogP contribution in [0.2, 0.25) is 0 Å². The predicted octanol–water partition coefficient (Wildman–Crippen LogP) is 3.25. The quantitative estimate of drug-likeness (QED) is 0.188. The molecule has 0 aromatic carbocycles. The van der Waals surface area contributed by atoms with Crippen molar-refractivity contribution in [3.05, 3.63) is 11.6 Å². The number of rotatable bonds is 7. The Morgan fingerprint density at radius 3 is 1.89 bits per heavy atom. The average Bonchev–Trinajstić information content (AvgIpc) is 3.66. The third kappa shape index (κ3) is 6.82. The number of aliphatic hydroxyl groups excluding tert-OH is 4. The van der Waals surface area contributed by atoms with Crippen LogP contribution in [0, 0.1) is 34.5 Å². The highest BCUT2D eigenvalue weighted by atomic mass is 16.7. The van der Waals surface area contributed by atoms with Gasteiger partial charge in [-0.15, -0.1) is 0 Å². The number of cyclic esters (lactones) is 1. The third-order valence-electron chi connectivity index (χ3n) is 15.9. The summed E-state index contributed by atoms with van der Waals surface area (Å²) < 4.78 is 42.2. The maximum atomic E-state index is 12.6. The van der Waals surface area contributed by atoms with E-state index in [1.165, 1.54) is 0 Å². The topological polar surface area (TPSA) is 183 Å². The first kappa shape index (κ1) is 39.6. The molecule has 0 bridgehead atoms. The van der Waals surface area contributed by atoms with Crippen molar-refractivity contribution in [2.24, 2.45) is 34.5 Å². The fourth-order valence-electron chi connectivity index (χ4n) is 12.8. The number of ether oxygens (including phenoxy) is 7. The van der Waals surface area contributed by atoms with Crippen molar-refractivity contribution in [3.8, 4) is 0 Å². The first-order valence-corrected chi connectivity index (χ1v) is 20.8. The smallest absolute Gasteiger partial charge is 0.331 e. The minimum Gasteiger partial charge on any atom is -0.458 e. The molecule has 7 fully saturated rings. The van der Waals surface area contributed by atoms with Crippen molar-refractivity contribution < 1.29 is 63.5 Å². The number of carbonyl (C=O) groups is 1. The van der Waals surface area contributed by atoms with Crippen molar-refractivity contribution in [2.45, 2.75) is 197 Å². The van der Waals surface area contributed by atoms with Crippen molar-refractivity contribution in [3.63, 3.8) is 0 Å². The SMILES string of the molecule is C[C@@H]1O[C@H](O[C@@H]2[C@H](O)C[C@@H](O[C@@H]3[C@H](O)C[C@@H](O[C@@H]4CC[C@]5(C)[C@@H](CC[C@H]6[C@H]5CC[C@@]5(C)[C@H](C7=CC(=O)OC7)CC[C@@]65O)C4)O[C@H]3C)O[C@H]2C)C[C@@H](O)[C@H]1O. The van der Waals surface area contributed by atoms with E-state index in [9.17, 15) is 30.3 Å². The molecule has 0 unspecified atom stereocenters. The van der Waals surface area contributed by atoms with E-state index < -0.39 is 79.4 Å². The lowest BCUT2D eigenvalue weighted by atomic mass is 9.43. The molecule has 0 amide bonds. The van der Waals surface area contributed by atoms with Crippen LogP contribution in [0.1, 0.15) is 112 Å². The lowest BCUT2D eigenvalue weighted by molar-refractivity contribution is -0.336. The molecule has 0 aromatic rings. The number of carbonyl (C=O) groups excluding carboxylic acids is 1. The van der Waals surface area contributed by atoms with Crippen LogP contribution in [-0.4, -0.2) is 124 Å². The van der Waals surface area contributed by atoms with Gasteiger partial charge in [0.1, 0.15) is 24.9 Å². The highest BCUT2D eigenvalue weighted by molar-refractivity contribution is 5.85. The molecular formula is C41H64O13. The van der Waals surface area contributed by atoms with Crippen LogP contribution in [0.15, 0.2) is 11.6 Å². The molecule has 4 saturated carbocycles. The number of hydrogen-bond acceptors (Lipinski definition) is 13. The van der Waals surface area contributed by atoms with Crippen LogP contribution in [0.25, 0.3) is 0 Å². The molecule has 54 heavy (non-hydrogen) atoms. The molecule has 4 aliphatic carbocycles. The van der Waals surface area contributed by atoms with Crippen LogP contribution in [0.4, 0.5) is 0 Å². The van der Waals surface area contributed by atoms with Gasteiger partial charge in [0.25, 0.3) is 0 Å². The third-order valence-corrected chi connectivity index (χ3v) is 15.9. The van der Waals surface area contributed by atoms with E-state index in [-0.39, 0.29) is 54.0 Å². The molecule has 8 rings (SSSR count). The normalized spacial score (nSPS) is 55.0. The fraction of sp³-hybridized carbons (Fsp3) is 0.927.